The maximum absolute atomic E-state index is 5.39. The molecule has 0 aliphatic heterocycles. The van der Waals surface area contributed by atoms with Gasteiger partial charge in [-0.05, 0) is 34.6 Å². The van der Waals surface area contributed by atoms with Crippen molar-refractivity contribution in [3.63, 3.8) is 0 Å². The predicted molar refractivity (Wildman–Crippen MR) is 74.6 cm³/mol. The van der Waals surface area contributed by atoms with Gasteiger partial charge in [-0.3, -0.25) is 5.43 Å². The Morgan fingerprint density at radius 2 is 1.61 bits per heavy atom. The summed E-state index contributed by atoms with van der Waals surface area (Å²) < 4.78 is 0. The highest BCUT2D eigenvalue weighted by Gasteiger charge is 2.15. The highest BCUT2D eigenvalue weighted by molar-refractivity contribution is 5.44. The summed E-state index contributed by atoms with van der Waals surface area (Å²) >= 11 is 0. The molecular weight excluding hydrogens is 230 g/mol. The zero-order valence-electron chi connectivity index (χ0n) is 11.8. The molecule has 18 heavy (non-hydrogen) atoms. The Morgan fingerprint density at radius 1 is 1.06 bits per heavy atom. The molecule has 0 amide bonds. The molecule has 0 bridgehead atoms. The van der Waals surface area contributed by atoms with Gasteiger partial charge in [0.2, 0.25) is 17.8 Å². The van der Waals surface area contributed by atoms with Crippen molar-refractivity contribution in [2.75, 3.05) is 28.7 Å². The third-order valence-corrected chi connectivity index (χ3v) is 2.29. The number of hydrogen-bond acceptors (Lipinski definition) is 7. The lowest BCUT2D eigenvalue weighted by molar-refractivity contribution is 0.624. The lowest BCUT2D eigenvalue weighted by Crippen LogP contribution is -2.30. The van der Waals surface area contributed by atoms with Crippen molar-refractivity contribution in [2.45, 2.75) is 40.2 Å². The summed E-state index contributed by atoms with van der Waals surface area (Å²) in [6, 6.07) is 0. The Bertz CT molecular complexity index is 381. The largest absolute Gasteiger partial charge is 0.349 e. The van der Waals surface area contributed by atoms with Crippen LogP contribution in [0.3, 0.4) is 0 Å². The first-order valence-corrected chi connectivity index (χ1v) is 6.15. The van der Waals surface area contributed by atoms with Crippen LogP contribution in [-0.2, 0) is 0 Å². The molecule has 0 aromatic carbocycles. The number of nitrogens with one attached hydrogen (secondary N) is 2. The number of hydrazine groups is 1. The summed E-state index contributed by atoms with van der Waals surface area (Å²) in [5.41, 5.74) is 2.35. The molecule has 1 rings (SSSR count). The first-order valence-electron chi connectivity index (χ1n) is 6.15. The molecule has 0 unspecified atom stereocenters. The van der Waals surface area contributed by atoms with Crippen LogP contribution in [0.4, 0.5) is 17.8 Å². The molecule has 0 fully saturated rings. The average molecular weight is 253 g/mol. The van der Waals surface area contributed by atoms with Crippen LogP contribution in [0.25, 0.3) is 0 Å². The topological polar surface area (TPSA) is 92.0 Å². The number of nitrogens with zero attached hydrogens (tertiary/aromatic N) is 4. The molecule has 0 radical (unpaired) electrons. The fraction of sp³-hybridized carbons (Fsp3) is 0.727. The SMILES string of the molecule is CCN(CC)c1nc(NN)nc(NC(C)(C)C)n1. The summed E-state index contributed by atoms with van der Waals surface area (Å²) in [7, 11) is 0. The van der Waals surface area contributed by atoms with Gasteiger partial charge in [0.1, 0.15) is 0 Å². The molecule has 102 valence electrons. The third kappa shape index (κ3) is 3.99. The minimum atomic E-state index is -0.117. The molecule has 0 aliphatic rings. The van der Waals surface area contributed by atoms with Gasteiger partial charge in [0.05, 0.1) is 0 Å². The highest BCUT2D eigenvalue weighted by Crippen LogP contribution is 2.16. The molecule has 0 atom stereocenters. The van der Waals surface area contributed by atoms with Crippen LogP contribution in [-0.4, -0.2) is 33.6 Å². The van der Waals surface area contributed by atoms with E-state index < -0.39 is 0 Å². The lowest BCUT2D eigenvalue weighted by atomic mass is 10.1. The van der Waals surface area contributed by atoms with Gasteiger partial charge in [0, 0.05) is 18.6 Å². The van der Waals surface area contributed by atoms with E-state index in [9.17, 15) is 0 Å². The molecule has 1 heterocycles. The standard InChI is InChI=1S/C11H23N7/c1-6-18(7-2)10-14-8(16-11(3,4)5)13-9(15-10)17-12/h6-7,12H2,1-5H3,(H2,13,14,15,16,17). The second kappa shape index (κ2) is 5.81. The van der Waals surface area contributed by atoms with Crippen molar-refractivity contribution < 1.29 is 0 Å². The molecule has 0 aliphatic carbocycles. The Balaban J connectivity index is 3.08. The van der Waals surface area contributed by atoms with E-state index in [1.165, 1.54) is 0 Å². The molecule has 0 saturated carbocycles. The first kappa shape index (κ1) is 14.4. The molecular formula is C11H23N7. The second-order valence-electron chi connectivity index (χ2n) is 4.97. The van der Waals surface area contributed by atoms with Gasteiger partial charge in [-0.2, -0.15) is 15.0 Å². The lowest BCUT2D eigenvalue weighted by Gasteiger charge is -2.23. The average Bonchev–Trinajstić information content (AvgIpc) is 2.28. The van der Waals surface area contributed by atoms with Crippen LogP contribution in [0.5, 0.6) is 0 Å². The van der Waals surface area contributed by atoms with Crippen LogP contribution in [0.15, 0.2) is 0 Å². The van der Waals surface area contributed by atoms with Crippen LogP contribution in [0.2, 0.25) is 0 Å². The smallest absolute Gasteiger partial charge is 0.243 e. The molecule has 1 aromatic rings. The number of hydrogen-bond donors (Lipinski definition) is 3. The van der Waals surface area contributed by atoms with E-state index in [0.717, 1.165) is 13.1 Å². The summed E-state index contributed by atoms with van der Waals surface area (Å²) in [4.78, 5) is 14.9. The van der Waals surface area contributed by atoms with E-state index in [2.05, 4.69) is 39.5 Å². The van der Waals surface area contributed by atoms with Crippen LogP contribution in [0.1, 0.15) is 34.6 Å². The third-order valence-electron chi connectivity index (χ3n) is 2.29. The van der Waals surface area contributed by atoms with Gasteiger partial charge in [-0.25, -0.2) is 5.84 Å². The zero-order chi connectivity index (χ0) is 13.8. The zero-order valence-corrected chi connectivity index (χ0v) is 11.8. The summed E-state index contributed by atoms with van der Waals surface area (Å²) in [6.45, 7) is 11.9. The Labute approximate surface area is 108 Å². The number of rotatable bonds is 5. The van der Waals surface area contributed by atoms with Crippen LogP contribution in [0, 0.1) is 0 Å². The first-order chi connectivity index (χ1) is 8.39. The van der Waals surface area contributed by atoms with E-state index in [4.69, 9.17) is 5.84 Å². The van der Waals surface area contributed by atoms with Gasteiger partial charge in [0.15, 0.2) is 0 Å². The number of anilines is 3. The van der Waals surface area contributed by atoms with Gasteiger partial charge in [-0.1, -0.05) is 0 Å². The minimum absolute atomic E-state index is 0.117. The molecule has 0 spiro atoms. The maximum atomic E-state index is 5.39. The number of nitrogen functional groups attached to an aromatic ring is 1. The molecule has 1 aromatic heterocycles. The fourth-order valence-electron chi connectivity index (χ4n) is 1.47. The van der Waals surface area contributed by atoms with Crippen molar-refractivity contribution in [2.24, 2.45) is 5.84 Å². The Morgan fingerprint density at radius 3 is 2.06 bits per heavy atom. The second-order valence-corrected chi connectivity index (χ2v) is 4.97. The van der Waals surface area contributed by atoms with Gasteiger partial charge >= 0.3 is 0 Å². The molecule has 7 heteroatoms. The van der Waals surface area contributed by atoms with Crippen molar-refractivity contribution >= 4 is 17.8 Å². The van der Waals surface area contributed by atoms with Crippen LogP contribution >= 0.6 is 0 Å². The number of nitrogens with two attached hydrogens (primary N) is 1. The van der Waals surface area contributed by atoms with E-state index in [1.54, 1.807) is 0 Å². The monoisotopic (exact) mass is 253 g/mol. The summed E-state index contributed by atoms with van der Waals surface area (Å²) in [6.07, 6.45) is 0. The molecule has 4 N–H and O–H groups in total. The Kier molecular flexibility index (Phi) is 4.66. The normalized spacial score (nSPS) is 11.2. The maximum Gasteiger partial charge on any atom is 0.243 e. The van der Waals surface area contributed by atoms with Gasteiger partial charge in [0.25, 0.3) is 0 Å². The fourth-order valence-corrected chi connectivity index (χ4v) is 1.47. The minimum Gasteiger partial charge on any atom is -0.349 e. The quantitative estimate of drug-likeness (QED) is 0.536. The summed E-state index contributed by atoms with van der Waals surface area (Å²) in [5, 5.41) is 3.21. The van der Waals surface area contributed by atoms with Gasteiger partial charge in [-0.15, -0.1) is 0 Å². The number of aromatic nitrogens is 3. The van der Waals surface area contributed by atoms with Crippen molar-refractivity contribution in [1.29, 1.82) is 0 Å². The van der Waals surface area contributed by atoms with Crippen molar-refractivity contribution in [3.05, 3.63) is 0 Å². The Hall–Kier alpha value is -1.63. The van der Waals surface area contributed by atoms with Crippen LogP contribution < -0.4 is 21.5 Å². The van der Waals surface area contributed by atoms with E-state index >= 15 is 0 Å². The van der Waals surface area contributed by atoms with Crippen molar-refractivity contribution in [3.8, 4) is 0 Å². The molecule has 7 nitrogen and oxygen atoms in total. The highest BCUT2D eigenvalue weighted by atomic mass is 15.4. The molecule has 0 saturated heterocycles. The van der Waals surface area contributed by atoms with E-state index in [0.29, 0.717) is 17.8 Å². The summed E-state index contributed by atoms with van der Waals surface area (Å²) in [5.74, 6) is 6.89. The van der Waals surface area contributed by atoms with Gasteiger partial charge < -0.3 is 10.2 Å². The van der Waals surface area contributed by atoms with E-state index in [1.807, 2.05) is 25.7 Å². The predicted octanol–water partition coefficient (Wildman–Crippen LogP) is 1.21. The van der Waals surface area contributed by atoms with E-state index in [-0.39, 0.29) is 5.54 Å². The van der Waals surface area contributed by atoms with Crippen molar-refractivity contribution in [1.82, 2.24) is 15.0 Å².